The lowest BCUT2D eigenvalue weighted by molar-refractivity contribution is 0.687. The molecule has 5 heteroatoms. The Balaban J connectivity index is 2.45. The molecular weight excluding hydrogens is 198 g/mol. The predicted octanol–water partition coefficient (Wildman–Crippen LogP) is 0.744. The first-order chi connectivity index (χ1) is 6.72. The Morgan fingerprint density at radius 2 is 2.43 bits per heavy atom. The van der Waals surface area contributed by atoms with Crippen LogP contribution < -0.4 is 5.32 Å². The smallest absolute Gasteiger partial charge is 0.125 e. The van der Waals surface area contributed by atoms with Gasteiger partial charge in [-0.25, -0.2) is 4.98 Å². The summed E-state index contributed by atoms with van der Waals surface area (Å²) in [5, 5.41) is 11.5. The molecule has 14 heavy (non-hydrogen) atoms. The fraction of sp³-hybridized carbons (Fsp3) is 0.333. The Morgan fingerprint density at radius 3 is 2.93 bits per heavy atom. The van der Waals surface area contributed by atoms with Gasteiger partial charge in [-0.05, 0) is 12.1 Å². The van der Waals surface area contributed by atoms with Crippen molar-refractivity contribution in [3.63, 3.8) is 0 Å². The number of anilines is 1. The monoisotopic (exact) mass is 209 g/mol. The van der Waals surface area contributed by atoms with Gasteiger partial charge in [0.2, 0.25) is 0 Å². The van der Waals surface area contributed by atoms with Gasteiger partial charge in [-0.3, -0.25) is 4.21 Å². The van der Waals surface area contributed by atoms with Crippen LogP contribution in [0.2, 0.25) is 0 Å². The average Bonchev–Trinajstić information content (AvgIpc) is 2.18. The molecule has 0 spiro atoms. The second-order valence-corrected chi connectivity index (χ2v) is 4.30. The zero-order valence-corrected chi connectivity index (χ0v) is 8.67. The van der Waals surface area contributed by atoms with Gasteiger partial charge in [0.05, 0.1) is 5.56 Å². The molecule has 0 aliphatic rings. The number of rotatable bonds is 4. The van der Waals surface area contributed by atoms with Crippen molar-refractivity contribution in [2.24, 2.45) is 0 Å². The molecule has 1 unspecified atom stereocenters. The highest BCUT2D eigenvalue weighted by atomic mass is 32.2. The molecule has 1 atom stereocenters. The molecule has 0 fully saturated rings. The van der Waals surface area contributed by atoms with E-state index in [0.717, 1.165) is 0 Å². The first-order valence-corrected chi connectivity index (χ1v) is 5.85. The molecule has 0 amide bonds. The lowest BCUT2D eigenvalue weighted by Gasteiger charge is -2.02. The highest BCUT2D eigenvalue weighted by Crippen LogP contribution is 2.02. The molecule has 0 radical (unpaired) electrons. The summed E-state index contributed by atoms with van der Waals surface area (Å²) in [6.07, 6.45) is 3.17. The second-order valence-electron chi connectivity index (χ2n) is 2.75. The molecule has 0 aliphatic heterocycles. The largest absolute Gasteiger partial charge is 0.369 e. The number of pyridine rings is 1. The molecule has 0 aromatic carbocycles. The van der Waals surface area contributed by atoms with Crippen LogP contribution >= 0.6 is 0 Å². The molecule has 1 N–H and O–H groups in total. The van der Waals surface area contributed by atoms with Gasteiger partial charge in [-0.15, -0.1) is 0 Å². The number of nitriles is 1. The highest BCUT2D eigenvalue weighted by Gasteiger charge is 1.95. The maximum atomic E-state index is 10.7. The van der Waals surface area contributed by atoms with Crippen molar-refractivity contribution in [2.75, 3.05) is 23.9 Å². The van der Waals surface area contributed by atoms with Crippen LogP contribution in [0.5, 0.6) is 0 Å². The lowest BCUT2D eigenvalue weighted by atomic mass is 10.3. The summed E-state index contributed by atoms with van der Waals surface area (Å²) in [6, 6.07) is 5.42. The third-order valence-electron chi connectivity index (χ3n) is 1.59. The summed E-state index contributed by atoms with van der Waals surface area (Å²) in [7, 11) is -0.788. The highest BCUT2D eigenvalue weighted by molar-refractivity contribution is 7.84. The summed E-state index contributed by atoms with van der Waals surface area (Å²) in [4.78, 5) is 4.01. The number of hydrogen-bond acceptors (Lipinski definition) is 4. The summed E-state index contributed by atoms with van der Waals surface area (Å²) >= 11 is 0. The van der Waals surface area contributed by atoms with Crippen LogP contribution in [0.25, 0.3) is 0 Å². The quantitative estimate of drug-likeness (QED) is 0.794. The van der Waals surface area contributed by atoms with Crippen molar-refractivity contribution in [3.8, 4) is 6.07 Å². The van der Waals surface area contributed by atoms with Crippen molar-refractivity contribution < 1.29 is 4.21 Å². The molecule has 0 saturated carbocycles. The minimum atomic E-state index is -0.788. The lowest BCUT2D eigenvalue weighted by Crippen LogP contribution is -2.10. The van der Waals surface area contributed by atoms with E-state index in [4.69, 9.17) is 5.26 Å². The van der Waals surface area contributed by atoms with E-state index in [9.17, 15) is 4.21 Å². The van der Waals surface area contributed by atoms with Gasteiger partial charge in [-0.1, -0.05) is 0 Å². The van der Waals surface area contributed by atoms with Gasteiger partial charge in [-0.2, -0.15) is 5.26 Å². The van der Waals surface area contributed by atoms with Crippen LogP contribution in [-0.4, -0.2) is 27.7 Å². The van der Waals surface area contributed by atoms with E-state index in [1.54, 1.807) is 18.4 Å². The van der Waals surface area contributed by atoms with E-state index >= 15 is 0 Å². The van der Waals surface area contributed by atoms with Gasteiger partial charge in [0, 0.05) is 35.5 Å². The van der Waals surface area contributed by atoms with Gasteiger partial charge in [0.15, 0.2) is 0 Å². The third kappa shape index (κ3) is 3.54. The summed E-state index contributed by atoms with van der Waals surface area (Å²) in [5.41, 5.74) is 0.537. The molecule has 74 valence electrons. The van der Waals surface area contributed by atoms with Crippen LogP contribution in [0.4, 0.5) is 5.82 Å². The van der Waals surface area contributed by atoms with Crippen molar-refractivity contribution in [1.82, 2.24) is 4.98 Å². The molecular formula is C9H11N3OS. The van der Waals surface area contributed by atoms with Crippen LogP contribution in [0.3, 0.4) is 0 Å². The first kappa shape index (κ1) is 10.7. The molecule has 0 bridgehead atoms. The molecule has 1 rings (SSSR count). The molecule has 0 saturated heterocycles. The Morgan fingerprint density at radius 1 is 1.64 bits per heavy atom. The van der Waals surface area contributed by atoms with Crippen molar-refractivity contribution >= 4 is 16.6 Å². The minimum absolute atomic E-state index is 0.537. The van der Waals surface area contributed by atoms with E-state index in [-0.39, 0.29) is 0 Å². The molecule has 0 aliphatic carbocycles. The standard InChI is InChI=1S/C9H11N3OS/c1-14(13)5-4-11-9-3-2-8(6-10)7-12-9/h2-3,7H,4-5H2,1H3,(H,11,12). The van der Waals surface area contributed by atoms with E-state index in [0.29, 0.717) is 23.7 Å². The molecule has 1 aromatic heterocycles. The molecule has 4 nitrogen and oxygen atoms in total. The van der Waals surface area contributed by atoms with E-state index < -0.39 is 10.8 Å². The fourth-order valence-electron chi connectivity index (χ4n) is 0.887. The van der Waals surface area contributed by atoms with Gasteiger partial charge in [0.25, 0.3) is 0 Å². The van der Waals surface area contributed by atoms with Crippen LogP contribution in [0, 0.1) is 11.3 Å². The van der Waals surface area contributed by atoms with Crippen molar-refractivity contribution in [1.29, 1.82) is 5.26 Å². The number of nitrogens with one attached hydrogen (secondary N) is 1. The molecule has 1 aromatic rings. The van der Waals surface area contributed by atoms with Crippen molar-refractivity contribution in [2.45, 2.75) is 0 Å². The SMILES string of the molecule is CS(=O)CCNc1ccc(C#N)cn1. The van der Waals surface area contributed by atoms with Crippen molar-refractivity contribution in [3.05, 3.63) is 23.9 Å². The van der Waals surface area contributed by atoms with E-state index in [2.05, 4.69) is 10.3 Å². The van der Waals surface area contributed by atoms with Crippen LogP contribution in [0.1, 0.15) is 5.56 Å². The summed E-state index contributed by atoms with van der Waals surface area (Å²) in [6.45, 7) is 0.627. The number of nitrogens with zero attached hydrogens (tertiary/aromatic N) is 2. The van der Waals surface area contributed by atoms with E-state index in [1.165, 1.54) is 6.20 Å². The molecule has 1 heterocycles. The zero-order valence-electron chi connectivity index (χ0n) is 7.86. The summed E-state index contributed by atoms with van der Waals surface area (Å²) < 4.78 is 10.7. The Kier molecular flexibility index (Phi) is 4.08. The predicted molar refractivity (Wildman–Crippen MR) is 56.4 cm³/mol. The van der Waals surface area contributed by atoms with Gasteiger partial charge < -0.3 is 5.32 Å². The topological polar surface area (TPSA) is 65.8 Å². The van der Waals surface area contributed by atoms with Gasteiger partial charge in [0.1, 0.15) is 11.9 Å². The van der Waals surface area contributed by atoms with E-state index in [1.807, 2.05) is 6.07 Å². The normalized spacial score (nSPS) is 11.7. The average molecular weight is 209 g/mol. The van der Waals surface area contributed by atoms with Crippen LogP contribution in [-0.2, 0) is 10.8 Å². The van der Waals surface area contributed by atoms with Gasteiger partial charge >= 0.3 is 0 Å². The fourth-order valence-corrected chi connectivity index (χ4v) is 1.28. The minimum Gasteiger partial charge on any atom is -0.369 e. The maximum Gasteiger partial charge on any atom is 0.125 e. The Labute approximate surface area is 85.4 Å². The zero-order chi connectivity index (χ0) is 10.4. The van der Waals surface area contributed by atoms with Crippen LogP contribution in [0.15, 0.2) is 18.3 Å². The Bertz CT molecular complexity index is 355. The second kappa shape index (κ2) is 5.35. The summed E-state index contributed by atoms with van der Waals surface area (Å²) in [5.74, 6) is 1.30. The first-order valence-electron chi connectivity index (χ1n) is 4.12. The maximum absolute atomic E-state index is 10.7. The number of hydrogen-bond donors (Lipinski definition) is 1. The number of aromatic nitrogens is 1. The Hall–Kier alpha value is -1.41. The third-order valence-corrected chi connectivity index (χ3v) is 2.37.